The van der Waals surface area contributed by atoms with Crippen LogP contribution < -0.4 is 0 Å². The van der Waals surface area contributed by atoms with Gasteiger partial charge in [-0.15, -0.1) is 0 Å². The van der Waals surface area contributed by atoms with Gasteiger partial charge < -0.3 is 18.9 Å². The maximum absolute atomic E-state index is 13.4. The minimum absolute atomic E-state index is 0.0887. The number of carbonyl (C=O) groups is 1. The van der Waals surface area contributed by atoms with Gasteiger partial charge in [0.15, 0.2) is 6.29 Å². The summed E-state index contributed by atoms with van der Waals surface area (Å²) in [6.07, 6.45) is -0.420. The van der Waals surface area contributed by atoms with E-state index in [1.807, 2.05) is 56.8 Å². The highest BCUT2D eigenvalue weighted by molar-refractivity contribution is 5.96. The van der Waals surface area contributed by atoms with Crippen LogP contribution in [-0.2, 0) is 30.1 Å². The number of fused-ring (bicyclic) bond motifs is 1. The molecule has 0 bridgehead atoms. The molecule has 148 valence electrons. The van der Waals surface area contributed by atoms with Crippen molar-refractivity contribution >= 4 is 16.9 Å². The fraction of sp³-hybridized carbons (Fsp3) is 0.450. The zero-order valence-corrected chi connectivity index (χ0v) is 16.7. The van der Waals surface area contributed by atoms with E-state index in [1.54, 1.807) is 9.58 Å². The summed E-state index contributed by atoms with van der Waals surface area (Å²) in [6, 6.07) is 7.95. The summed E-state index contributed by atoms with van der Waals surface area (Å²) in [5, 5.41) is 4.39. The summed E-state index contributed by atoms with van der Waals surface area (Å²) in [6.45, 7) is 5.56. The van der Waals surface area contributed by atoms with Gasteiger partial charge in [0.1, 0.15) is 5.82 Å². The van der Waals surface area contributed by atoms with Gasteiger partial charge in [-0.25, -0.2) is 4.98 Å². The number of rotatable bonds is 5. The van der Waals surface area contributed by atoms with Crippen LogP contribution in [0.5, 0.6) is 0 Å². The highest BCUT2D eigenvalue weighted by Crippen LogP contribution is 2.20. The molecule has 8 nitrogen and oxygen atoms in total. The average Bonchev–Trinajstić information content (AvgIpc) is 3.35. The van der Waals surface area contributed by atoms with E-state index in [2.05, 4.69) is 5.10 Å². The molecule has 28 heavy (non-hydrogen) atoms. The van der Waals surface area contributed by atoms with Crippen molar-refractivity contribution in [3.63, 3.8) is 0 Å². The smallest absolute Gasteiger partial charge is 0.258 e. The van der Waals surface area contributed by atoms with Gasteiger partial charge in [0.25, 0.3) is 5.91 Å². The minimum Gasteiger partial charge on any atom is -0.348 e. The molecule has 1 aliphatic heterocycles. The van der Waals surface area contributed by atoms with Crippen LogP contribution in [-0.4, -0.2) is 56.2 Å². The largest absolute Gasteiger partial charge is 0.348 e. The lowest BCUT2D eigenvalue weighted by Crippen LogP contribution is -2.38. The summed E-state index contributed by atoms with van der Waals surface area (Å²) >= 11 is 0. The van der Waals surface area contributed by atoms with E-state index >= 15 is 0 Å². The topological polar surface area (TPSA) is 74.4 Å². The molecule has 2 aromatic heterocycles. The zero-order chi connectivity index (χ0) is 19.8. The first-order chi connectivity index (χ1) is 13.5. The fourth-order valence-electron chi connectivity index (χ4n) is 3.66. The van der Waals surface area contributed by atoms with Crippen LogP contribution in [0.3, 0.4) is 0 Å². The third kappa shape index (κ3) is 3.29. The second-order valence-corrected chi connectivity index (χ2v) is 7.10. The number of para-hydroxylation sites is 2. The molecule has 0 spiro atoms. The van der Waals surface area contributed by atoms with Crippen LogP contribution in [0.1, 0.15) is 27.6 Å². The molecular formula is C20H25N5O3. The normalized spacial score (nSPS) is 14.9. The van der Waals surface area contributed by atoms with E-state index < -0.39 is 6.29 Å². The van der Waals surface area contributed by atoms with Gasteiger partial charge in [0.05, 0.1) is 48.6 Å². The lowest BCUT2D eigenvalue weighted by atomic mass is 10.1. The Morgan fingerprint density at radius 1 is 1.21 bits per heavy atom. The van der Waals surface area contributed by atoms with E-state index in [1.165, 1.54) is 0 Å². The molecule has 0 unspecified atom stereocenters. The van der Waals surface area contributed by atoms with Crippen LogP contribution in [0.25, 0.3) is 11.0 Å². The molecule has 8 heteroatoms. The Labute approximate surface area is 163 Å². The Morgan fingerprint density at radius 2 is 1.93 bits per heavy atom. The monoisotopic (exact) mass is 383 g/mol. The van der Waals surface area contributed by atoms with Crippen LogP contribution in [0, 0.1) is 13.8 Å². The lowest BCUT2D eigenvalue weighted by Gasteiger charge is -2.25. The Morgan fingerprint density at radius 3 is 2.57 bits per heavy atom. The van der Waals surface area contributed by atoms with Gasteiger partial charge in [-0.05, 0) is 26.0 Å². The maximum atomic E-state index is 13.4. The Hall–Kier alpha value is -2.71. The van der Waals surface area contributed by atoms with Crippen LogP contribution >= 0.6 is 0 Å². The van der Waals surface area contributed by atoms with Crippen LogP contribution in [0.2, 0.25) is 0 Å². The van der Waals surface area contributed by atoms with Crippen molar-refractivity contribution in [1.82, 2.24) is 24.2 Å². The number of amides is 1. The number of imidazole rings is 1. The molecule has 0 saturated carbocycles. The summed E-state index contributed by atoms with van der Waals surface area (Å²) in [4.78, 5) is 19.9. The Bertz CT molecular complexity index is 1020. The summed E-state index contributed by atoms with van der Waals surface area (Å²) in [5.41, 5.74) is 4.12. The predicted molar refractivity (Wildman–Crippen MR) is 104 cm³/mol. The molecule has 1 aromatic carbocycles. The van der Waals surface area contributed by atoms with E-state index in [4.69, 9.17) is 14.5 Å². The Kier molecular flexibility index (Phi) is 4.91. The third-order valence-electron chi connectivity index (χ3n) is 5.28. The standard InChI is InChI=1S/C20H25N5O3/c1-13-19(14(2)24(4)22-13)20(26)25(12-18-27-9-10-28-18)11-17-21-15-7-5-6-8-16(15)23(17)3/h5-8,18H,9-12H2,1-4H3. The number of hydrogen-bond donors (Lipinski definition) is 0. The maximum Gasteiger partial charge on any atom is 0.258 e. The zero-order valence-electron chi connectivity index (χ0n) is 16.7. The van der Waals surface area contributed by atoms with Crippen molar-refractivity contribution in [1.29, 1.82) is 0 Å². The second kappa shape index (κ2) is 7.37. The van der Waals surface area contributed by atoms with E-state index in [0.29, 0.717) is 37.6 Å². The van der Waals surface area contributed by atoms with Crippen molar-refractivity contribution < 1.29 is 14.3 Å². The van der Waals surface area contributed by atoms with E-state index in [0.717, 1.165) is 22.6 Å². The van der Waals surface area contributed by atoms with Crippen molar-refractivity contribution in [3.05, 3.63) is 47.0 Å². The van der Waals surface area contributed by atoms with Gasteiger partial charge in [0.2, 0.25) is 0 Å². The first kappa shape index (κ1) is 18.6. The molecule has 3 heterocycles. The molecule has 3 aromatic rings. The number of hydrogen-bond acceptors (Lipinski definition) is 5. The van der Waals surface area contributed by atoms with Crippen molar-refractivity contribution in [3.8, 4) is 0 Å². The van der Waals surface area contributed by atoms with Gasteiger partial charge in [-0.2, -0.15) is 5.10 Å². The minimum atomic E-state index is -0.420. The molecule has 4 rings (SSSR count). The number of carbonyl (C=O) groups excluding carboxylic acids is 1. The van der Waals surface area contributed by atoms with Gasteiger partial charge in [-0.3, -0.25) is 9.48 Å². The Balaban J connectivity index is 1.68. The highest BCUT2D eigenvalue weighted by Gasteiger charge is 2.28. The van der Waals surface area contributed by atoms with E-state index in [-0.39, 0.29) is 5.91 Å². The first-order valence-corrected chi connectivity index (χ1v) is 9.38. The molecule has 0 atom stereocenters. The molecule has 0 radical (unpaired) electrons. The van der Waals surface area contributed by atoms with Crippen molar-refractivity contribution in [2.45, 2.75) is 26.7 Å². The summed E-state index contributed by atoms with van der Waals surface area (Å²) in [5.74, 6) is 0.723. The lowest BCUT2D eigenvalue weighted by molar-refractivity contribution is -0.0588. The number of nitrogens with zero attached hydrogens (tertiary/aromatic N) is 5. The number of aromatic nitrogens is 4. The summed E-state index contributed by atoms with van der Waals surface area (Å²) in [7, 11) is 3.81. The van der Waals surface area contributed by atoms with Crippen LogP contribution in [0.4, 0.5) is 0 Å². The van der Waals surface area contributed by atoms with Gasteiger partial charge in [-0.1, -0.05) is 12.1 Å². The molecule has 1 aliphatic rings. The SMILES string of the molecule is Cc1nn(C)c(C)c1C(=O)N(Cc1nc2ccccc2n1C)CC1OCCO1. The molecule has 0 aliphatic carbocycles. The van der Waals surface area contributed by atoms with Crippen LogP contribution in [0.15, 0.2) is 24.3 Å². The molecule has 1 amide bonds. The highest BCUT2D eigenvalue weighted by atomic mass is 16.7. The second-order valence-electron chi connectivity index (χ2n) is 7.10. The quantitative estimate of drug-likeness (QED) is 0.673. The molecule has 1 saturated heterocycles. The molecular weight excluding hydrogens is 358 g/mol. The van der Waals surface area contributed by atoms with E-state index in [9.17, 15) is 4.79 Å². The van der Waals surface area contributed by atoms with Gasteiger partial charge >= 0.3 is 0 Å². The number of ether oxygens (including phenoxy) is 2. The number of aryl methyl sites for hydroxylation is 3. The molecule has 0 N–H and O–H groups in total. The molecule has 1 fully saturated rings. The van der Waals surface area contributed by atoms with Gasteiger partial charge in [0, 0.05) is 19.8 Å². The first-order valence-electron chi connectivity index (χ1n) is 9.38. The third-order valence-corrected chi connectivity index (χ3v) is 5.28. The van der Waals surface area contributed by atoms with Crippen molar-refractivity contribution in [2.24, 2.45) is 14.1 Å². The number of benzene rings is 1. The predicted octanol–water partition coefficient (Wildman–Crippen LogP) is 1.94. The average molecular weight is 383 g/mol. The summed E-state index contributed by atoms with van der Waals surface area (Å²) < 4.78 is 15.0. The fourth-order valence-corrected chi connectivity index (χ4v) is 3.66. The van der Waals surface area contributed by atoms with Crippen molar-refractivity contribution in [2.75, 3.05) is 19.8 Å².